The molecule has 2 aromatic heterocycles. The van der Waals surface area contributed by atoms with Gasteiger partial charge in [-0.25, -0.2) is 0 Å². The summed E-state index contributed by atoms with van der Waals surface area (Å²) in [4.78, 5) is 40.2. The van der Waals surface area contributed by atoms with Gasteiger partial charge < -0.3 is 14.8 Å². The number of rotatable bonds is 5. The number of amides is 2. The number of carbonyl (C=O) groups is 2. The second-order valence-corrected chi connectivity index (χ2v) is 7.66. The molecule has 160 valence electrons. The lowest BCUT2D eigenvalue weighted by molar-refractivity contribution is -0.129. The zero-order chi connectivity index (χ0) is 22.0. The van der Waals surface area contributed by atoms with Crippen molar-refractivity contribution >= 4 is 17.5 Å². The van der Waals surface area contributed by atoms with E-state index in [9.17, 15) is 14.4 Å². The second-order valence-electron chi connectivity index (χ2n) is 7.66. The van der Waals surface area contributed by atoms with E-state index in [0.29, 0.717) is 43.9 Å². The third kappa shape index (κ3) is 4.28. The fraction of sp³-hybridized carbons (Fsp3) is 0.304. The molecule has 0 atom stereocenters. The normalized spacial score (nSPS) is 13.0. The van der Waals surface area contributed by atoms with Crippen molar-refractivity contribution in [2.45, 2.75) is 39.9 Å². The average Bonchev–Trinajstić information content (AvgIpc) is 3.22. The molecule has 2 amide bonds. The third-order valence-electron chi connectivity index (χ3n) is 5.55. The van der Waals surface area contributed by atoms with Crippen molar-refractivity contribution in [3.8, 4) is 0 Å². The van der Waals surface area contributed by atoms with Crippen molar-refractivity contribution in [1.29, 1.82) is 0 Å². The fourth-order valence-corrected chi connectivity index (χ4v) is 3.91. The number of hydrogen-bond donors (Lipinski definition) is 1. The molecule has 4 rings (SSSR count). The van der Waals surface area contributed by atoms with Crippen molar-refractivity contribution in [2.75, 3.05) is 11.9 Å². The van der Waals surface area contributed by atoms with Crippen LogP contribution in [0.15, 0.2) is 53.7 Å². The Bertz CT molecular complexity index is 1180. The summed E-state index contributed by atoms with van der Waals surface area (Å²) in [7, 11) is 0. The zero-order valence-corrected chi connectivity index (χ0v) is 17.7. The quantitative estimate of drug-likeness (QED) is 0.687. The smallest absolute Gasteiger partial charge is 0.264 e. The molecule has 0 saturated carbocycles. The lowest BCUT2D eigenvalue weighted by Gasteiger charge is -2.29. The second kappa shape index (κ2) is 8.59. The van der Waals surface area contributed by atoms with Crippen molar-refractivity contribution in [2.24, 2.45) is 0 Å². The number of carbonyl (C=O) groups excluding carboxylic acids is 2. The Morgan fingerprint density at radius 2 is 1.94 bits per heavy atom. The van der Waals surface area contributed by atoms with Crippen LogP contribution in [0.5, 0.6) is 0 Å². The van der Waals surface area contributed by atoms with E-state index in [2.05, 4.69) is 10.4 Å². The summed E-state index contributed by atoms with van der Waals surface area (Å²) in [6.07, 6.45) is 5.54. The van der Waals surface area contributed by atoms with Crippen LogP contribution in [-0.2, 0) is 30.8 Å². The van der Waals surface area contributed by atoms with Gasteiger partial charge >= 0.3 is 0 Å². The number of hydrogen-bond acceptors (Lipinski definition) is 4. The predicted octanol–water partition coefficient (Wildman–Crippen LogP) is 2.27. The summed E-state index contributed by atoms with van der Waals surface area (Å²) in [5.41, 5.74) is 2.85. The lowest BCUT2D eigenvalue weighted by Crippen LogP contribution is -2.39. The van der Waals surface area contributed by atoms with Crippen LogP contribution < -0.4 is 10.9 Å². The van der Waals surface area contributed by atoms with Crippen molar-refractivity contribution < 1.29 is 9.59 Å². The van der Waals surface area contributed by atoms with E-state index in [1.165, 1.54) is 6.92 Å². The Labute approximate surface area is 180 Å². The Morgan fingerprint density at radius 3 is 2.61 bits per heavy atom. The first kappa shape index (κ1) is 20.6. The molecule has 8 nitrogen and oxygen atoms in total. The number of fused-ring (bicyclic) bond motifs is 1. The zero-order valence-electron chi connectivity index (χ0n) is 17.7. The van der Waals surface area contributed by atoms with Crippen LogP contribution in [-0.4, -0.2) is 37.6 Å². The molecule has 0 bridgehead atoms. The molecule has 3 heterocycles. The molecular formula is C23H25N5O3. The summed E-state index contributed by atoms with van der Waals surface area (Å²) < 4.78 is 3.26. The van der Waals surface area contributed by atoms with Gasteiger partial charge in [-0.3, -0.25) is 19.1 Å². The van der Waals surface area contributed by atoms with Gasteiger partial charge in [0.15, 0.2) is 0 Å². The van der Waals surface area contributed by atoms with E-state index in [1.54, 1.807) is 32.7 Å². The first-order chi connectivity index (χ1) is 15.0. The van der Waals surface area contributed by atoms with Gasteiger partial charge in [0.1, 0.15) is 5.56 Å². The van der Waals surface area contributed by atoms with E-state index in [-0.39, 0.29) is 17.0 Å². The van der Waals surface area contributed by atoms with Crippen molar-refractivity contribution in [3.63, 3.8) is 0 Å². The number of benzene rings is 1. The molecule has 0 saturated heterocycles. The van der Waals surface area contributed by atoms with E-state index < -0.39 is 5.91 Å². The number of pyridine rings is 1. The minimum atomic E-state index is -0.449. The highest BCUT2D eigenvalue weighted by atomic mass is 16.2. The molecule has 0 unspecified atom stereocenters. The highest BCUT2D eigenvalue weighted by molar-refractivity contribution is 6.05. The Kier molecular flexibility index (Phi) is 5.70. The Morgan fingerprint density at radius 1 is 1.16 bits per heavy atom. The molecule has 0 radical (unpaired) electrons. The molecule has 8 heteroatoms. The summed E-state index contributed by atoms with van der Waals surface area (Å²) in [6, 6.07) is 9.61. The van der Waals surface area contributed by atoms with Gasteiger partial charge in [-0.05, 0) is 30.0 Å². The van der Waals surface area contributed by atoms with E-state index in [0.717, 1.165) is 11.1 Å². The third-order valence-corrected chi connectivity index (χ3v) is 5.55. The number of aryl methyl sites for hydroxylation is 1. The van der Waals surface area contributed by atoms with Gasteiger partial charge in [-0.15, -0.1) is 0 Å². The largest absolute Gasteiger partial charge is 0.338 e. The number of aromatic nitrogens is 3. The van der Waals surface area contributed by atoms with Crippen LogP contribution in [0.4, 0.5) is 5.69 Å². The standard InChI is InChI=1S/C23H25N5O3/c1-3-28-15-19(11-24-28)25-22(30)21-20-9-10-26(16(2)29)13-18(20)14-27(23(21)31)12-17-7-5-4-6-8-17/h4-8,11,14-15H,3,9-10,12-13H2,1-2H3,(H,25,30). The van der Waals surface area contributed by atoms with E-state index in [4.69, 9.17) is 0 Å². The molecule has 31 heavy (non-hydrogen) atoms. The summed E-state index contributed by atoms with van der Waals surface area (Å²) in [5, 5.41) is 6.98. The number of anilines is 1. The van der Waals surface area contributed by atoms with Crippen LogP contribution in [0.2, 0.25) is 0 Å². The van der Waals surface area contributed by atoms with Gasteiger partial charge in [0.25, 0.3) is 11.5 Å². The molecule has 1 N–H and O–H groups in total. The molecule has 3 aromatic rings. The van der Waals surface area contributed by atoms with Gasteiger partial charge in [0.05, 0.1) is 18.4 Å². The first-order valence-corrected chi connectivity index (χ1v) is 10.3. The average molecular weight is 419 g/mol. The van der Waals surface area contributed by atoms with Gasteiger partial charge in [0, 0.05) is 39.0 Å². The van der Waals surface area contributed by atoms with Crippen LogP contribution in [0.25, 0.3) is 0 Å². The Balaban J connectivity index is 1.75. The van der Waals surface area contributed by atoms with Gasteiger partial charge in [-0.2, -0.15) is 5.10 Å². The van der Waals surface area contributed by atoms with E-state index in [1.807, 2.05) is 37.3 Å². The monoisotopic (exact) mass is 419 g/mol. The molecule has 1 aromatic carbocycles. The maximum Gasteiger partial charge on any atom is 0.264 e. The minimum Gasteiger partial charge on any atom is -0.338 e. The first-order valence-electron chi connectivity index (χ1n) is 10.3. The molecule has 0 aliphatic carbocycles. The highest BCUT2D eigenvalue weighted by Crippen LogP contribution is 2.22. The topological polar surface area (TPSA) is 89.2 Å². The SMILES string of the molecule is CCn1cc(NC(=O)c2c3c(cn(Cc4ccccc4)c2=O)CN(C(C)=O)CC3)cn1. The van der Waals surface area contributed by atoms with Gasteiger partial charge in [-0.1, -0.05) is 30.3 Å². The number of nitrogens with zero attached hydrogens (tertiary/aromatic N) is 4. The van der Waals surface area contributed by atoms with Crippen LogP contribution in [0.1, 0.15) is 40.9 Å². The molecular weight excluding hydrogens is 394 g/mol. The predicted molar refractivity (Wildman–Crippen MR) is 117 cm³/mol. The fourth-order valence-electron chi connectivity index (χ4n) is 3.91. The lowest BCUT2D eigenvalue weighted by atomic mass is 9.95. The van der Waals surface area contributed by atoms with Crippen LogP contribution in [0, 0.1) is 0 Å². The van der Waals surface area contributed by atoms with E-state index >= 15 is 0 Å². The maximum atomic E-state index is 13.4. The van der Waals surface area contributed by atoms with Crippen molar-refractivity contribution in [3.05, 3.63) is 81.5 Å². The minimum absolute atomic E-state index is 0.0237. The molecule has 1 aliphatic rings. The summed E-state index contributed by atoms with van der Waals surface area (Å²) >= 11 is 0. The summed E-state index contributed by atoms with van der Waals surface area (Å²) in [5.74, 6) is -0.472. The van der Waals surface area contributed by atoms with Gasteiger partial charge in [0.2, 0.25) is 5.91 Å². The molecule has 0 fully saturated rings. The number of nitrogens with one attached hydrogen (secondary N) is 1. The highest BCUT2D eigenvalue weighted by Gasteiger charge is 2.27. The Hall–Kier alpha value is -3.68. The maximum absolute atomic E-state index is 13.4. The van der Waals surface area contributed by atoms with Crippen LogP contribution in [0.3, 0.4) is 0 Å². The molecule has 0 spiro atoms. The molecule has 1 aliphatic heterocycles. The van der Waals surface area contributed by atoms with Crippen molar-refractivity contribution in [1.82, 2.24) is 19.2 Å². The van der Waals surface area contributed by atoms with Crippen LogP contribution >= 0.6 is 0 Å². The summed E-state index contributed by atoms with van der Waals surface area (Å²) in [6.45, 7) is 5.38.